The van der Waals surface area contributed by atoms with Gasteiger partial charge in [0.2, 0.25) is 0 Å². The lowest BCUT2D eigenvalue weighted by Gasteiger charge is -2.42. The van der Waals surface area contributed by atoms with Gasteiger partial charge in [0.25, 0.3) is 0 Å². The van der Waals surface area contributed by atoms with E-state index in [1.807, 2.05) is 0 Å². The standard InChI is InChI=1S/C43H80O14/c1-3-5-7-9-11-13-15-16-18-20-22-24-26-35(45)55-32(29-52-27-25-23-21-19-17-14-12-10-8-6-4-2)30-53-42-41(51)39(49)37(47)34(57-42)31-54-43-40(50)38(48)36(46)33(28-44)56-43/h11,13,32-34,36-44,46-51H,3-10,12,14-31H2,1-2H3/b13-11-. The number of allylic oxidation sites excluding steroid dienone is 2. The summed E-state index contributed by atoms with van der Waals surface area (Å²) in [4.78, 5) is 12.9. The van der Waals surface area contributed by atoms with Crippen LogP contribution in [0.4, 0.5) is 0 Å². The van der Waals surface area contributed by atoms with Crippen molar-refractivity contribution in [3.05, 3.63) is 12.2 Å². The van der Waals surface area contributed by atoms with Crippen molar-refractivity contribution in [1.82, 2.24) is 0 Å². The van der Waals surface area contributed by atoms with Crippen molar-refractivity contribution < 1.29 is 69.0 Å². The van der Waals surface area contributed by atoms with Crippen LogP contribution in [0.3, 0.4) is 0 Å². The van der Waals surface area contributed by atoms with Crippen molar-refractivity contribution in [2.24, 2.45) is 0 Å². The molecule has 0 bridgehead atoms. The van der Waals surface area contributed by atoms with Gasteiger partial charge in [0.15, 0.2) is 12.6 Å². The van der Waals surface area contributed by atoms with Gasteiger partial charge in [-0.1, -0.05) is 122 Å². The second-order valence-corrected chi connectivity index (χ2v) is 15.9. The summed E-state index contributed by atoms with van der Waals surface area (Å²) in [7, 11) is 0. The van der Waals surface area contributed by atoms with Crippen molar-refractivity contribution in [3.8, 4) is 0 Å². The molecule has 0 aromatic heterocycles. The molecular weight excluding hydrogens is 740 g/mol. The highest BCUT2D eigenvalue weighted by Crippen LogP contribution is 2.26. The molecule has 0 aliphatic carbocycles. The minimum Gasteiger partial charge on any atom is -0.457 e. The van der Waals surface area contributed by atoms with Crippen molar-refractivity contribution in [2.75, 3.05) is 33.0 Å². The van der Waals surface area contributed by atoms with Gasteiger partial charge in [0.05, 0.1) is 26.4 Å². The van der Waals surface area contributed by atoms with Crippen LogP contribution < -0.4 is 0 Å². The maximum Gasteiger partial charge on any atom is 0.306 e. The van der Waals surface area contributed by atoms with E-state index < -0.39 is 80.7 Å². The summed E-state index contributed by atoms with van der Waals surface area (Å²) in [5.74, 6) is -0.386. The van der Waals surface area contributed by atoms with Crippen LogP contribution in [0.15, 0.2) is 12.2 Å². The Labute approximate surface area is 342 Å². The predicted molar refractivity (Wildman–Crippen MR) is 215 cm³/mol. The lowest BCUT2D eigenvalue weighted by atomic mass is 9.98. The highest BCUT2D eigenvalue weighted by Gasteiger charge is 2.47. The van der Waals surface area contributed by atoms with Crippen LogP contribution in [0, 0.1) is 0 Å². The van der Waals surface area contributed by atoms with E-state index in [9.17, 15) is 40.5 Å². The molecule has 2 heterocycles. The Bertz CT molecular complexity index is 1000. The number of carbonyl (C=O) groups is 1. The highest BCUT2D eigenvalue weighted by molar-refractivity contribution is 5.69. The number of aliphatic hydroxyl groups excluding tert-OH is 7. The smallest absolute Gasteiger partial charge is 0.306 e. The minimum atomic E-state index is -1.70. The van der Waals surface area contributed by atoms with E-state index in [4.69, 9.17) is 28.4 Å². The first-order valence-electron chi connectivity index (χ1n) is 22.3. The maximum absolute atomic E-state index is 12.9. The zero-order chi connectivity index (χ0) is 41.7. The quantitative estimate of drug-likeness (QED) is 0.0266. The first-order chi connectivity index (χ1) is 27.6. The summed E-state index contributed by atoms with van der Waals surface area (Å²) in [6, 6.07) is 0. The highest BCUT2D eigenvalue weighted by atomic mass is 16.7. The fraction of sp³-hybridized carbons (Fsp3) is 0.930. The molecule has 2 saturated heterocycles. The first-order valence-corrected chi connectivity index (χ1v) is 22.3. The van der Waals surface area contributed by atoms with Crippen LogP contribution in [0.25, 0.3) is 0 Å². The molecule has 336 valence electrons. The van der Waals surface area contributed by atoms with Crippen molar-refractivity contribution in [1.29, 1.82) is 0 Å². The average molecular weight is 821 g/mol. The molecule has 2 aliphatic heterocycles. The molecule has 2 rings (SSSR count). The topological polar surface area (TPSA) is 214 Å². The van der Waals surface area contributed by atoms with Gasteiger partial charge in [-0.2, -0.15) is 0 Å². The molecule has 0 saturated carbocycles. The van der Waals surface area contributed by atoms with E-state index in [1.165, 1.54) is 70.6 Å². The SMILES string of the molecule is CCCCC/C=C\CCCCCCCC(=O)OC(COCCCCCCCCCCCCC)COC1OC(COC2OC(CO)C(O)C(O)C2O)C(O)C(O)C1O. The Morgan fingerprint density at radius 3 is 1.63 bits per heavy atom. The third kappa shape index (κ3) is 21.7. The monoisotopic (exact) mass is 821 g/mol. The molecule has 14 heteroatoms. The number of rotatable bonds is 34. The van der Waals surface area contributed by atoms with Crippen molar-refractivity contribution >= 4 is 5.97 Å². The van der Waals surface area contributed by atoms with Crippen LogP contribution in [-0.4, -0.2) is 142 Å². The number of carbonyl (C=O) groups excluding carboxylic acids is 1. The molecule has 2 fully saturated rings. The largest absolute Gasteiger partial charge is 0.457 e. The molecule has 14 nitrogen and oxygen atoms in total. The predicted octanol–water partition coefficient (Wildman–Crippen LogP) is 4.73. The molecule has 0 radical (unpaired) electrons. The summed E-state index contributed by atoms with van der Waals surface area (Å²) in [6.07, 6.45) is 12.8. The summed E-state index contributed by atoms with van der Waals surface area (Å²) < 4.78 is 34.1. The van der Waals surface area contributed by atoms with E-state index >= 15 is 0 Å². The van der Waals surface area contributed by atoms with Gasteiger partial charge in [-0.05, 0) is 38.5 Å². The second-order valence-electron chi connectivity index (χ2n) is 15.9. The van der Waals surface area contributed by atoms with Gasteiger partial charge >= 0.3 is 5.97 Å². The number of hydrogen-bond acceptors (Lipinski definition) is 14. The zero-order valence-electron chi connectivity index (χ0n) is 35.1. The molecule has 0 spiro atoms. The van der Waals surface area contributed by atoms with Crippen molar-refractivity contribution in [2.45, 2.75) is 223 Å². The Morgan fingerprint density at radius 1 is 0.561 bits per heavy atom. The number of hydrogen-bond donors (Lipinski definition) is 7. The summed E-state index contributed by atoms with van der Waals surface area (Å²) in [6.45, 7) is 3.64. The fourth-order valence-electron chi connectivity index (χ4n) is 7.04. The van der Waals surface area contributed by atoms with E-state index in [0.717, 1.165) is 57.8 Å². The minimum absolute atomic E-state index is 0.0626. The lowest BCUT2D eigenvalue weighted by molar-refractivity contribution is -0.332. The molecule has 0 amide bonds. The molecule has 11 unspecified atom stereocenters. The normalized spacial score (nSPS) is 28.6. The van der Waals surface area contributed by atoms with Crippen LogP contribution >= 0.6 is 0 Å². The van der Waals surface area contributed by atoms with E-state index in [2.05, 4.69) is 26.0 Å². The maximum atomic E-state index is 12.9. The summed E-state index contributed by atoms with van der Waals surface area (Å²) in [5.41, 5.74) is 0. The molecule has 11 atom stereocenters. The second kappa shape index (κ2) is 32.5. The average Bonchev–Trinajstić information content (AvgIpc) is 3.20. The number of unbranched alkanes of at least 4 members (excludes halogenated alkanes) is 18. The van der Waals surface area contributed by atoms with Gasteiger partial charge in [0.1, 0.15) is 54.9 Å². The Hall–Kier alpha value is -1.27. The lowest BCUT2D eigenvalue weighted by Crippen LogP contribution is -2.61. The van der Waals surface area contributed by atoms with Crippen LogP contribution in [0.2, 0.25) is 0 Å². The van der Waals surface area contributed by atoms with E-state index in [0.29, 0.717) is 13.0 Å². The molecule has 2 aliphatic rings. The summed E-state index contributed by atoms with van der Waals surface area (Å²) in [5, 5.41) is 71.8. The van der Waals surface area contributed by atoms with E-state index in [-0.39, 0.29) is 25.6 Å². The Balaban J connectivity index is 1.83. The number of esters is 1. The van der Waals surface area contributed by atoms with Crippen LogP contribution in [-0.2, 0) is 33.2 Å². The Kier molecular flexibility index (Phi) is 29.6. The zero-order valence-corrected chi connectivity index (χ0v) is 35.1. The van der Waals surface area contributed by atoms with Crippen molar-refractivity contribution in [3.63, 3.8) is 0 Å². The first kappa shape index (κ1) is 51.9. The molecule has 57 heavy (non-hydrogen) atoms. The van der Waals surface area contributed by atoms with Gasteiger partial charge in [0, 0.05) is 13.0 Å². The third-order valence-corrected chi connectivity index (χ3v) is 10.8. The van der Waals surface area contributed by atoms with Gasteiger partial charge in [-0.25, -0.2) is 0 Å². The van der Waals surface area contributed by atoms with Crippen LogP contribution in [0.5, 0.6) is 0 Å². The molecular formula is C43H80O14. The molecule has 7 N–H and O–H groups in total. The van der Waals surface area contributed by atoms with Gasteiger partial charge in [-0.3, -0.25) is 4.79 Å². The Morgan fingerprint density at radius 2 is 1.04 bits per heavy atom. The number of ether oxygens (including phenoxy) is 6. The molecule has 0 aromatic rings. The van der Waals surface area contributed by atoms with E-state index in [1.54, 1.807) is 0 Å². The summed E-state index contributed by atoms with van der Waals surface area (Å²) >= 11 is 0. The third-order valence-electron chi connectivity index (χ3n) is 10.8. The molecule has 0 aromatic carbocycles. The number of aliphatic hydroxyl groups is 7. The van der Waals surface area contributed by atoms with Gasteiger partial charge in [-0.15, -0.1) is 0 Å². The van der Waals surface area contributed by atoms with Gasteiger partial charge < -0.3 is 64.2 Å². The fourth-order valence-corrected chi connectivity index (χ4v) is 7.04. The van der Waals surface area contributed by atoms with Crippen LogP contribution in [0.1, 0.15) is 155 Å².